The topological polar surface area (TPSA) is 49.4 Å². The number of thiophene rings is 1. The Labute approximate surface area is 158 Å². The van der Waals surface area contributed by atoms with Crippen LogP contribution in [-0.2, 0) is 10.2 Å². The zero-order chi connectivity index (χ0) is 18.3. The van der Waals surface area contributed by atoms with Crippen LogP contribution in [0, 0.1) is 12.8 Å². The summed E-state index contributed by atoms with van der Waals surface area (Å²) in [7, 11) is 1.88. The summed E-state index contributed by atoms with van der Waals surface area (Å²) in [5.74, 6) is 0.293. The Kier molecular flexibility index (Phi) is 4.35. The van der Waals surface area contributed by atoms with Crippen molar-refractivity contribution in [1.29, 1.82) is 0 Å². The van der Waals surface area contributed by atoms with E-state index < -0.39 is 0 Å². The number of likely N-dealkylation sites (N-methyl/N-ethyl adjacent to an activating group) is 1. The molecule has 1 aromatic heterocycles. The number of benzene rings is 1. The molecule has 2 aromatic rings. The van der Waals surface area contributed by atoms with Crippen molar-refractivity contribution >= 4 is 28.2 Å². The summed E-state index contributed by atoms with van der Waals surface area (Å²) >= 11 is 1.39. The molecule has 0 spiro atoms. The number of hydrogen-bond acceptors (Lipinski definition) is 3. The number of nitrogens with zero attached hydrogens (tertiary/aromatic N) is 1. The summed E-state index contributed by atoms with van der Waals surface area (Å²) in [5, 5.41) is 3.73. The maximum Gasteiger partial charge on any atom is 0.264 e. The van der Waals surface area contributed by atoms with Crippen LogP contribution in [0.3, 0.4) is 0 Å². The minimum absolute atomic E-state index is 0.0432. The average molecular weight is 369 g/mol. The molecule has 2 amide bonds. The molecule has 0 saturated heterocycles. The number of rotatable bonds is 6. The van der Waals surface area contributed by atoms with E-state index in [2.05, 4.69) is 29.6 Å². The molecule has 2 fully saturated rings. The van der Waals surface area contributed by atoms with E-state index >= 15 is 0 Å². The third-order valence-electron chi connectivity index (χ3n) is 5.43. The van der Waals surface area contributed by atoms with Gasteiger partial charge in [0.1, 0.15) is 0 Å². The fourth-order valence-corrected chi connectivity index (χ4v) is 4.58. The molecule has 5 heteroatoms. The molecule has 1 heterocycles. The zero-order valence-corrected chi connectivity index (χ0v) is 16.1. The van der Waals surface area contributed by atoms with Gasteiger partial charge in [-0.2, -0.15) is 0 Å². The van der Waals surface area contributed by atoms with E-state index in [1.54, 1.807) is 0 Å². The third kappa shape index (κ3) is 3.40. The summed E-state index contributed by atoms with van der Waals surface area (Å²) in [6, 6.07) is 12.4. The maximum absolute atomic E-state index is 13.0. The van der Waals surface area contributed by atoms with E-state index in [4.69, 9.17) is 0 Å². The van der Waals surface area contributed by atoms with Crippen LogP contribution in [0.15, 0.2) is 36.4 Å². The molecule has 4 nitrogen and oxygen atoms in total. The Morgan fingerprint density at radius 1 is 1.23 bits per heavy atom. The first-order valence-corrected chi connectivity index (χ1v) is 10.0. The van der Waals surface area contributed by atoms with Gasteiger partial charge in [-0.25, -0.2) is 0 Å². The number of amides is 2. The highest BCUT2D eigenvalue weighted by atomic mass is 32.1. The summed E-state index contributed by atoms with van der Waals surface area (Å²) in [4.78, 5) is 27.5. The van der Waals surface area contributed by atoms with Crippen LogP contribution in [0.2, 0.25) is 0 Å². The lowest BCUT2D eigenvalue weighted by Crippen LogP contribution is -2.34. The van der Waals surface area contributed by atoms with Crippen LogP contribution in [0.4, 0.5) is 5.00 Å². The number of carbonyl (C=O) groups is 2. The predicted molar refractivity (Wildman–Crippen MR) is 105 cm³/mol. The fourth-order valence-electron chi connectivity index (χ4n) is 3.50. The molecule has 1 N–H and O–H groups in total. The number of anilines is 1. The van der Waals surface area contributed by atoms with Crippen LogP contribution in [0.1, 0.15) is 46.5 Å². The summed E-state index contributed by atoms with van der Waals surface area (Å²) < 4.78 is 0. The van der Waals surface area contributed by atoms with Gasteiger partial charge in [-0.15, -0.1) is 11.3 Å². The van der Waals surface area contributed by atoms with Gasteiger partial charge in [-0.05, 0) is 49.8 Å². The zero-order valence-electron chi connectivity index (χ0n) is 15.2. The molecule has 0 radical (unpaired) electrons. The van der Waals surface area contributed by atoms with Crippen molar-refractivity contribution in [2.24, 2.45) is 5.92 Å². The molecule has 136 valence electrons. The van der Waals surface area contributed by atoms with Crippen molar-refractivity contribution in [2.45, 2.75) is 38.0 Å². The van der Waals surface area contributed by atoms with Crippen molar-refractivity contribution in [3.63, 3.8) is 0 Å². The number of aryl methyl sites for hydroxylation is 1. The van der Waals surface area contributed by atoms with Gasteiger partial charge in [0.25, 0.3) is 5.91 Å². The SMILES string of the molecule is Cc1cc(NC(=O)C2CC2)sc1C(=O)N(C)CC1(c2ccccc2)CC1. The van der Waals surface area contributed by atoms with Gasteiger partial charge in [0, 0.05) is 24.9 Å². The summed E-state index contributed by atoms with van der Waals surface area (Å²) in [6.07, 6.45) is 4.21. The highest BCUT2D eigenvalue weighted by Gasteiger charge is 2.45. The predicted octanol–water partition coefficient (Wildman–Crippen LogP) is 4.21. The van der Waals surface area contributed by atoms with Gasteiger partial charge < -0.3 is 10.2 Å². The fraction of sp³-hybridized carbons (Fsp3) is 0.429. The van der Waals surface area contributed by atoms with Gasteiger partial charge in [0.15, 0.2) is 0 Å². The first-order valence-electron chi connectivity index (χ1n) is 9.21. The van der Waals surface area contributed by atoms with Gasteiger partial charge >= 0.3 is 0 Å². The quantitative estimate of drug-likeness (QED) is 0.830. The Bertz CT molecular complexity index is 835. The van der Waals surface area contributed by atoms with Crippen molar-refractivity contribution in [3.05, 3.63) is 52.4 Å². The van der Waals surface area contributed by atoms with Crippen molar-refractivity contribution in [3.8, 4) is 0 Å². The molecule has 0 atom stereocenters. The van der Waals surface area contributed by atoms with Crippen LogP contribution in [0.25, 0.3) is 0 Å². The molecule has 2 aliphatic rings. The Morgan fingerprint density at radius 2 is 1.92 bits per heavy atom. The standard InChI is InChI=1S/C21H24N2O2S/c1-14-12-17(22-19(24)15-8-9-15)26-18(14)20(25)23(2)13-21(10-11-21)16-6-4-3-5-7-16/h3-7,12,15H,8-11,13H2,1-2H3,(H,22,24). The smallest absolute Gasteiger partial charge is 0.264 e. The molecular formula is C21H24N2O2S. The highest BCUT2D eigenvalue weighted by Crippen LogP contribution is 2.48. The van der Waals surface area contributed by atoms with Crippen LogP contribution in [0.5, 0.6) is 0 Å². The first kappa shape index (κ1) is 17.3. The maximum atomic E-state index is 13.0. The molecule has 0 unspecified atom stereocenters. The molecule has 0 bridgehead atoms. The van der Waals surface area contributed by atoms with E-state index in [-0.39, 0.29) is 23.1 Å². The molecule has 2 aliphatic carbocycles. The second-order valence-corrected chi connectivity index (χ2v) is 8.75. The number of nitrogens with one attached hydrogen (secondary N) is 1. The van der Waals surface area contributed by atoms with Gasteiger partial charge in [0.05, 0.1) is 9.88 Å². The second kappa shape index (κ2) is 6.54. The lowest BCUT2D eigenvalue weighted by Gasteiger charge is -2.24. The van der Waals surface area contributed by atoms with Crippen LogP contribution < -0.4 is 5.32 Å². The van der Waals surface area contributed by atoms with Crippen molar-refractivity contribution in [1.82, 2.24) is 4.90 Å². The largest absolute Gasteiger partial charge is 0.340 e. The first-order chi connectivity index (χ1) is 12.5. The Morgan fingerprint density at radius 3 is 2.54 bits per heavy atom. The molecule has 2 saturated carbocycles. The lowest BCUT2D eigenvalue weighted by molar-refractivity contribution is -0.117. The van der Waals surface area contributed by atoms with E-state index in [1.807, 2.05) is 31.0 Å². The molecular weight excluding hydrogens is 344 g/mol. The number of hydrogen-bond donors (Lipinski definition) is 1. The van der Waals surface area contributed by atoms with Gasteiger partial charge in [0.2, 0.25) is 5.91 Å². The monoisotopic (exact) mass is 368 g/mol. The van der Waals surface area contributed by atoms with E-state index in [0.29, 0.717) is 0 Å². The Hall–Kier alpha value is -2.14. The molecule has 0 aliphatic heterocycles. The normalized spacial score (nSPS) is 17.6. The molecule has 26 heavy (non-hydrogen) atoms. The summed E-state index contributed by atoms with van der Waals surface area (Å²) in [6.45, 7) is 2.67. The minimum atomic E-state index is 0.0432. The highest BCUT2D eigenvalue weighted by molar-refractivity contribution is 7.18. The average Bonchev–Trinajstić information content (AvgIpc) is 3.54. The van der Waals surface area contributed by atoms with Gasteiger partial charge in [-0.3, -0.25) is 9.59 Å². The molecule has 1 aromatic carbocycles. The van der Waals surface area contributed by atoms with E-state index in [0.717, 1.165) is 47.7 Å². The van der Waals surface area contributed by atoms with E-state index in [1.165, 1.54) is 16.9 Å². The lowest BCUT2D eigenvalue weighted by atomic mass is 9.95. The number of carbonyl (C=O) groups excluding carboxylic acids is 2. The van der Waals surface area contributed by atoms with E-state index in [9.17, 15) is 9.59 Å². The van der Waals surface area contributed by atoms with Crippen molar-refractivity contribution < 1.29 is 9.59 Å². The van der Waals surface area contributed by atoms with Crippen LogP contribution >= 0.6 is 11.3 Å². The minimum Gasteiger partial charge on any atom is -0.340 e. The van der Waals surface area contributed by atoms with Crippen LogP contribution in [-0.4, -0.2) is 30.3 Å². The van der Waals surface area contributed by atoms with Crippen molar-refractivity contribution in [2.75, 3.05) is 18.9 Å². The summed E-state index contributed by atoms with van der Waals surface area (Å²) in [5.41, 5.74) is 2.36. The van der Waals surface area contributed by atoms with Gasteiger partial charge in [-0.1, -0.05) is 30.3 Å². The molecule has 4 rings (SSSR count). The Balaban J connectivity index is 1.45. The second-order valence-electron chi connectivity index (χ2n) is 7.69. The third-order valence-corrected chi connectivity index (χ3v) is 6.57.